The van der Waals surface area contributed by atoms with Gasteiger partial charge in [0.1, 0.15) is 11.4 Å². The van der Waals surface area contributed by atoms with E-state index in [9.17, 15) is 14.3 Å². The molecule has 1 aromatic carbocycles. The van der Waals surface area contributed by atoms with Gasteiger partial charge in [-0.25, -0.2) is 14.4 Å². The van der Waals surface area contributed by atoms with Crippen molar-refractivity contribution in [2.75, 3.05) is 32.1 Å². The van der Waals surface area contributed by atoms with E-state index in [2.05, 4.69) is 4.98 Å². The summed E-state index contributed by atoms with van der Waals surface area (Å²) in [7, 11) is 3.71. The minimum atomic E-state index is -1.42. The van der Waals surface area contributed by atoms with Gasteiger partial charge in [0.05, 0.1) is 5.69 Å². The number of hydrogen-bond donors (Lipinski definition) is 1. The Kier molecular flexibility index (Phi) is 5.65. The summed E-state index contributed by atoms with van der Waals surface area (Å²) in [5, 5.41) is 10.1. The van der Waals surface area contributed by atoms with Gasteiger partial charge in [-0.3, -0.25) is 4.79 Å². The van der Waals surface area contributed by atoms with Crippen LogP contribution in [0.4, 0.5) is 10.3 Å². The second-order valence-electron chi connectivity index (χ2n) is 7.99. The third-order valence-electron chi connectivity index (χ3n) is 4.99. The third-order valence-corrected chi connectivity index (χ3v) is 4.99. The predicted octanol–water partition coefficient (Wildman–Crippen LogP) is 2.83. The Bertz CT molecular complexity index is 864. The van der Waals surface area contributed by atoms with E-state index in [0.29, 0.717) is 30.2 Å². The molecule has 1 atom stereocenters. The fourth-order valence-corrected chi connectivity index (χ4v) is 3.57. The van der Waals surface area contributed by atoms with E-state index in [0.717, 1.165) is 18.5 Å². The van der Waals surface area contributed by atoms with Gasteiger partial charge in [0.25, 0.3) is 5.91 Å². The number of amides is 1. The van der Waals surface area contributed by atoms with Crippen LogP contribution in [0, 0.1) is 5.82 Å². The average molecular weight is 386 g/mol. The van der Waals surface area contributed by atoms with Crippen LogP contribution in [-0.4, -0.2) is 58.7 Å². The maximum absolute atomic E-state index is 14.5. The number of hydrogen-bond acceptors (Lipinski definition) is 5. The SMILES string of the molecule is CN(C)c1ncc(-c2ccccc2F)c([C@H]2CCCN(C(=O)C(C)(C)O)C2)n1. The van der Waals surface area contributed by atoms with Crippen LogP contribution in [0.2, 0.25) is 0 Å². The van der Waals surface area contributed by atoms with Gasteiger partial charge in [-0.05, 0) is 32.8 Å². The highest BCUT2D eigenvalue weighted by Crippen LogP contribution is 2.35. The summed E-state index contributed by atoms with van der Waals surface area (Å²) in [5.74, 6) is -0.144. The van der Waals surface area contributed by atoms with Crippen LogP contribution < -0.4 is 4.90 Å². The first-order valence-corrected chi connectivity index (χ1v) is 9.49. The number of anilines is 1. The normalized spacial score (nSPS) is 17.5. The molecule has 0 saturated carbocycles. The third kappa shape index (κ3) is 4.14. The molecule has 28 heavy (non-hydrogen) atoms. The number of aliphatic hydroxyl groups is 1. The van der Waals surface area contributed by atoms with Gasteiger partial charge in [0, 0.05) is 50.4 Å². The number of nitrogens with zero attached hydrogens (tertiary/aromatic N) is 4. The van der Waals surface area contributed by atoms with Crippen molar-refractivity contribution in [2.45, 2.75) is 38.2 Å². The number of likely N-dealkylation sites (tertiary alicyclic amines) is 1. The Morgan fingerprint density at radius 3 is 2.64 bits per heavy atom. The molecule has 1 N–H and O–H groups in total. The molecule has 3 rings (SSSR count). The fraction of sp³-hybridized carbons (Fsp3) is 0.476. The Hall–Kier alpha value is -2.54. The van der Waals surface area contributed by atoms with Gasteiger partial charge in [-0.1, -0.05) is 18.2 Å². The van der Waals surface area contributed by atoms with Crippen molar-refractivity contribution in [3.05, 3.63) is 42.0 Å². The minimum Gasteiger partial charge on any atom is -0.381 e. The maximum atomic E-state index is 14.5. The van der Waals surface area contributed by atoms with Gasteiger partial charge in [-0.15, -0.1) is 0 Å². The maximum Gasteiger partial charge on any atom is 0.253 e. The predicted molar refractivity (Wildman–Crippen MR) is 107 cm³/mol. The van der Waals surface area contributed by atoms with Crippen molar-refractivity contribution in [3.8, 4) is 11.1 Å². The second-order valence-corrected chi connectivity index (χ2v) is 7.99. The number of halogens is 1. The lowest BCUT2D eigenvalue weighted by atomic mass is 9.89. The summed E-state index contributed by atoms with van der Waals surface area (Å²) in [4.78, 5) is 25.1. The molecule has 7 heteroatoms. The van der Waals surface area contributed by atoms with Crippen LogP contribution in [0.3, 0.4) is 0 Å². The first-order valence-electron chi connectivity index (χ1n) is 9.49. The van der Waals surface area contributed by atoms with E-state index in [1.54, 1.807) is 34.2 Å². The first kappa shape index (κ1) is 20.2. The highest BCUT2D eigenvalue weighted by atomic mass is 19.1. The molecule has 2 aromatic rings. The standard InChI is InChI=1S/C21H27FN4O2/c1-21(2,28)19(27)26-11-7-8-14(13-26)18-16(12-23-20(24-18)25(3)4)15-9-5-6-10-17(15)22/h5-6,9-10,12,14,28H,7-8,11,13H2,1-4H3/t14-/m0/s1. The number of carbonyl (C=O) groups excluding carboxylic acids is 1. The van der Waals surface area contributed by atoms with Crippen molar-refractivity contribution in [2.24, 2.45) is 0 Å². The van der Waals surface area contributed by atoms with E-state index in [1.807, 2.05) is 14.1 Å². The number of piperidine rings is 1. The topological polar surface area (TPSA) is 69.6 Å². The van der Waals surface area contributed by atoms with E-state index in [1.165, 1.54) is 19.9 Å². The summed E-state index contributed by atoms with van der Waals surface area (Å²) in [6.45, 7) is 4.03. The van der Waals surface area contributed by atoms with Crippen molar-refractivity contribution in [1.82, 2.24) is 14.9 Å². The molecular formula is C21H27FN4O2. The number of rotatable bonds is 4. The van der Waals surface area contributed by atoms with Gasteiger partial charge >= 0.3 is 0 Å². The Balaban J connectivity index is 2.03. The average Bonchev–Trinajstić information content (AvgIpc) is 2.66. The molecule has 1 aromatic heterocycles. The highest BCUT2D eigenvalue weighted by Gasteiger charge is 2.34. The molecule has 1 amide bonds. The Morgan fingerprint density at radius 2 is 2.00 bits per heavy atom. The molecule has 1 aliphatic rings. The molecule has 0 bridgehead atoms. The monoisotopic (exact) mass is 386 g/mol. The number of carbonyl (C=O) groups is 1. The number of aromatic nitrogens is 2. The highest BCUT2D eigenvalue weighted by molar-refractivity contribution is 5.84. The zero-order chi connectivity index (χ0) is 20.5. The van der Waals surface area contributed by atoms with E-state index in [4.69, 9.17) is 4.98 Å². The van der Waals surface area contributed by atoms with E-state index >= 15 is 0 Å². The van der Waals surface area contributed by atoms with Crippen molar-refractivity contribution in [3.63, 3.8) is 0 Å². The summed E-state index contributed by atoms with van der Waals surface area (Å²) in [5.41, 5.74) is 0.411. The molecule has 0 spiro atoms. The Labute approximate surface area is 165 Å². The second kappa shape index (κ2) is 7.83. The molecule has 150 valence electrons. The van der Waals surface area contributed by atoms with Gasteiger partial charge in [0.15, 0.2) is 0 Å². The Morgan fingerprint density at radius 1 is 1.29 bits per heavy atom. The fourth-order valence-electron chi connectivity index (χ4n) is 3.57. The molecule has 0 aliphatic carbocycles. The van der Waals surface area contributed by atoms with E-state index < -0.39 is 5.60 Å². The molecule has 1 saturated heterocycles. The first-order chi connectivity index (χ1) is 13.2. The van der Waals surface area contributed by atoms with Crippen LogP contribution in [0.15, 0.2) is 30.5 Å². The smallest absolute Gasteiger partial charge is 0.253 e. The molecule has 6 nitrogen and oxygen atoms in total. The van der Waals surface area contributed by atoms with Crippen LogP contribution >= 0.6 is 0 Å². The molecule has 1 fully saturated rings. The summed E-state index contributed by atoms with van der Waals surface area (Å²) in [6, 6.07) is 6.57. The quantitative estimate of drug-likeness (QED) is 0.875. The largest absolute Gasteiger partial charge is 0.381 e. The number of benzene rings is 1. The molecule has 2 heterocycles. The summed E-state index contributed by atoms with van der Waals surface area (Å²) >= 11 is 0. The van der Waals surface area contributed by atoms with Gasteiger partial charge in [0.2, 0.25) is 5.95 Å². The van der Waals surface area contributed by atoms with Crippen LogP contribution in [-0.2, 0) is 4.79 Å². The summed E-state index contributed by atoms with van der Waals surface area (Å²) in [6.07, 6.45) is 3.29. The molecule has 1 aliphatic heterocycles. The van der Waals surface area contributed by atoms with Crippen molar-refractivity contribution in [1.29, 1.82) is 0 Å². The van der Waals surface area contributed by atoms with Crippen molar-refractivity contribution >= 4 is 11.9 Å². The zero-order valence-corrected chi connectivity index (χ0v) is 16.8. The van der Waals surface area contributed by atoms with Crippen molar-refractivity contribution < 1.29 is 14.3 Å². The lowest BCUT2D eigenvalue weighted by Gasteiger charge is -2.36. The van der Waals surface area contributed by atoms with Gasteiger partial charge < -0.3 is 14.9 Å². The summed E-state index contributed by atoms with van der Waals surface area (Å²) < 4.78 is 14.5. The van der Waals surface area contributed by atoms with Crippen LogP contribution in [0.5, 0.6) is 0 Å². The lowest BCUT2D eigenvalue weighted by Crippen LogP contribution is -2.48. The lowest BCUT2D eigenvalue weighted by molar-refractivity contribution is -0.149. The van der Waals surface area contributed by atoms with E-state index in [-0.39, 0.29) is 17.6 Å². The molecular weight excluding hydrogens is 359 g/mol. The van der Waals surface area contributed by atoms with Crippen LogP contribution in [0.1, 0.15) is 38.3 Å². The van der Waals surface area contributed by atoms with Gasteiger partial charge in [-0.2, -0.15) is 0 Å². The minimum absolute atomic E-state index is 0.0589. The molecule has 0 radical (unpaired) electrons. The molecule has 0 unspecified atom stereocenters. The zero-order valence-electron chi connectivity index (χ0n) is 16.8. The van der Waals surface area contributed by atoms with Crippen LogP contribution in [0.25, 0.3) is 11.1 Å².